The third-order valence-electron chi connectivity index (χ3n) is 3.90. The minimum atomic E-state index is -2.97. The van der Waals surface area contributed by atoms with Gasteiger partial charge in [-0.2, -0.15) is 16.4 Å². The van der Waals surface area contributed by atoms with Crippen LogP contribution in [0.2, 0.25) is 0 Å². The lowest BCUT2D eigenvalue weighted by molar-refractivity contribution is 0.102. The van der Waals surface area contributed by atoms with Gasteiger partial charge in [-0.1, -0.05) is 0 Å². The fourth-order valence-electron chi connectivity index (χ4n) is 2.75. The number of aromatic nitrogens is 2. The summed E-state index contributed by atoms with van der Waals surface area (Å²) in [5, 5.41) is 10.9. The topological polar surface area (TPSA) is 81.1 Å². The fourth-order valence-corrected chi connectivity index (χ4v) is 5.07. The summed E-state index contributed by atoms with van der Waals surface area (Å²) in [6.45, 7) is 3.67. The monoisotopic (exact) mass is 339 g/mol. The maximum atomic E-state index is 12.2. The van der Waals surface area contributed by atoms with Crippen LogP contribution in [0.1, 0.15) is 34.2 Å². The minimum Gasteiger partial charge on any atom is -0.319 e. The Hall–Kier alpha value is -1.67. The summed E-state index contributed by atoms with van der Waals surface area (Å²) in [6, 6.07) is 1.62. The van der Waals surface area contributed by atoms with Crippen molar-refractivity contribution in [1.82, 2.24) is 9.78 Å². The zero-order valence-electron chi connectivity index (χ0n) is 12.4. The quantitative estimate of drug-likeness (QED) is 0.929. The molecule has 2 aromatic rings. The molecule has 8 heteroatoms. The number of hydrogen-bond donors (Lipinski definition) is 1. The van der Waals surface area contributed by atoms with Crippen LogP contribution in [0.3, 0.4) is 0 Å². The van der Waals surface area contributed by atoms with Crippen LogP contribution in [0, 0.1) is 13.8 Å². The lowest BCUT2D eigenvalue weighted by atomic mass is 10.2. The molecule has 1 unspecified atom stereocenters. The number of aryl methyl sites for hydroxylation is 1. The van der Waals surface area contributed by atoms with Crippen LogP contribution < -0.4 is 5.32 Å². The highest BCUT2D eigenvalue weighted by Crippen LogP contribution is 2.29. The number of thiophene rings is 1. The molecule has 1 N–H and O–H groups in total. The van der Waals surface area contributed by atoms with Gasteiger partial charge in [0.05, 0.1) is 40.2 Å². The summed E-state index contributed by atoms with van der Waals surface area (Å²) in [7, 11) is -2.97. The number of amides is 1. The van der Waals surface area contributed by atoms with Crippen molar-refractivity contribution in [3.05, 3.63) is 33.8 Å². The summed E-state index contributed by atoms with van der Waals surface area (Å²) >= 11 is 1.46. The highest BCUT2D eigenvalue weighted by atomic mass is 32.2. The van der Waals surface area contributed by atoms with E-state index in [1.807, 2.05) is 19.2 Å². The van der Waals surface area contributed by atoms with Crippen LogP contribution >= 0.6 is 11.3 Å². The Morgan fingerprint density at radius 2 is 2.23 bits per heavy atom. The van der Waals surface area contributed by atoms with Crippen LogP contribution in [0.15, 0.2) is 16.8 Å². The van der Waals surface area contributed by atoms with Gasteiger partial charge in [-0.05, 0) is 31.7 Å². The van der Waals surface area contributed by atoms with Gasteiger partial charge in [-0.15, -0.1) is 0 Å². The maximum absolute atomic E-state index is 12.2. The van der Waals surface area contributed by atoms with E-state index in [1.165, 1.54) is 11.3 Å². The molecule has 0 aliphatic carbocycles. The molecule has 3 rings (SSSR count). The van der Waals surface area contributed by atoms with Crippen molar-refractivity contribution in [3.63, 3.8) is 0 Å². The molecule has 2 aromatic heterocycles. The Bertz CT molecular complexity index is 807. The number of sulfone groups is 1. The molecule has 0 aromatic carbocycles. The van der Waals surface area contributed by atoms with E-state index in [2.05, 4.69) is 10.4 Å². The minimum absolute atomic E-state index is 0.118. The molecular weight excluding hydrogens is 322 g/mol. The number of anilines is 1. The van der Waals surface area contributed by atoms with E-state index < -0.39 is 9.84 Å². The molecule has 1 aliphatic rings. The van der Waals surface area contributed by atoms with E-state index in [4.69, 9.17) is 0 Å². The molecule has 118 valence electrons. The highest BCUT2D eigenvalue weighted by molar-refractivity contribution is 7.91. The van der Waals surface area contributed by atoms with Crippen molar-refractivity contribution in [2.45, 2.75) is 26.3 Å². The van der Waals surface area contributed by atoms with E-state index in [1.54, 1.807) is 16.1 Å². The van der Waals surface area contributed by atoms with Crippen LogP contribution in [-0.2, 0) is 9.84 Å². The smallest absolute Gasteiger partial charge is 0.256 e. The third-order valence-corrected chi connectivity index (χ3v) is 6.33. The van der Waals surface area contributed by atoms with Crippen LogP contribution in [0.4, 0.5) is 5.69 Å². The number of carbonyl (C=O) groups excluding carboxylic acids is 1. The van der Waals surface area contributed by atoms with Crippen LogP contribution in [-0.4, -0.2) is 35.6 Å². The van der Waals surface area contributed by atoms with Crippen molar-refractivity contribution >= 4 is 32.8 Å². The number of carbonyl (C=O) groups is 1. The highest BCUT2D eigenvalue weighted by Gasteiger charge is 2.31. The summed E-state index contributed by atoms with van der Waals surface area (Å²) in [5.41, 5.74) is 2.77. The van der Waals surface area contributed by atoms with E-state index in [0.29, 0.717) is 23.4 Å². The van der Waals surface area contributed by atoms with Gasteiger partial charge < -0.3 is 5.32 Å². The first kappa shape index (κ1) is 15.2. The van der Waals surface area contributed by atoms with Crippen molar-refractivity contribution in [2.24, 2.45) is 0 Å². The Morgan fingerprint density at radius 3 is 2.82 bits per heavy atom. The first-order valence-corrected chi connectivity index (χ1v) is 9.73. The molecule has 1 aliphatic heterocycles. The summed E-state index contributed by atoms with van der Waals surface area (Å²) < 4.78 is 25.0. The van der Waals surface area contributed by atoms with Crippen molar-refractivity contribution in [2.75, 3.05) is 16.8 Å². The van der Waals surface area contributed by atoms with E-state index in [0.717, 1.165) is 5.69 Å². The Kier molecular flexibility index (Phi) is 3.82. The first-order chi connectivity index (χ1) is 10.4. The number of nitrogens with one attached hydrogen (secondary N) is 1. The third kappa shape index (κ3) is 2.80. The Labute approximate surface area is 133 Å². The standard InChI is InChI=1S/C14H17N3O3S2/c1-9-13(15-14(18)11-3-5-21-7-11)10(2)17(16-9)12-4-6-22(19,20)8-12/h3,5,7,12H,4,6,8H2,1-2H3,(H,15,18). The van der Waals surface area contributed by atoms with Gasteiger partial charge >= 0.3 is 0 Å². The van der Waals surface area contributed by atoms with E-state index in [9.17, 15) is 13.2 Å². The van der Waals surface area contributed by atoms with Crippen molar-refractivity contribution < 1.29 is 13.2 Å². The SMILES string of the molecule is Cc1nn(C2CCS(=O)(=O)C2)c(C)c1NC(=O)c1ccsc1. The second kappa shape index (κ2) is 5.51. The average Bonchev–Trinajstić information content (AvgIpc) is 3.14. The molecular formula is C14H17N3O3S2. The van der Waals surface area contributed by atoms with Crippen LogP contribution in [0.5, 0.6) is 0 Å². The lowest BCUT2D eigenvalue weighted by Crippen LogP contribution is -2.15. The molecule has 0 bridgehead atoms. The van der Waals surface area contributed by atoms with Gasteiger partial charge in [-0.25, -0.2) is 8.42 Å². The normalized spacial score (nSPS) is 20.2. The lowest BCUT2D eigenvalue weighted by Gasteiger charge is -2.11. The van der Waals surface area contributed by atoms with Gasteiger partial charge in [0.2, 0.25) is 0 Å². The van der Waals surface area contributed by atoms with Gasteiger partial charge in [0.1, 0.15) is 0 Å². The zero-order valence-corrected chi connectivity index (χ0v) is 14.0. The van der Waals surface area contributed by atoms with E-state index >= 15 is 0 Å². The summed E-state index contributed by atoms with van der Waals surface area (Å²) in [5.74, 6) is 0.144. The van der Waals surface area contributed by atoms with Crippen molar-refractivity contribution in [3.8, 4) is 0 Å². The number of rotatable bonds is 3. The predicted octanol–water partition coefficient (Wildman–Crippen LogP) is 2.17. The Morgan fingerprint density at radius 1 is 1.45 bits per heavy atom. The van der Waals surface area contributed by atoms with E-state index in [-0.39, 0.29) is 23.5 Å². The maximum Gasteiger partial charge on any atom is 0.256 e. The molecule has 3 heterocycles. The molecule has 1 amide bonds. The second-order valence-electron chi connectivity index (χ2n) is 5.51. The van der Waals surface area contributed by atoms with Crippen LogP contribution in [0.25, 0.3) is 0 Å². The second-order valence-corrected chi connectivity index (χ2v) is 8.52. The molecule has 0 saturated carbocycles. The van der Waals surface area contributed by atoms with Gasteiger partial charge in [0.25, 0.3) is 5.91 Å². The number of hydrogen-bond acceptors (Lipinski definition) is 5. The summed E-state index contributed by atoms with van der Waals surface area (Å²) in [6.07, 6.45) is 0.572. The Balaban J connectivity index is 1.86. The average molecular weight is 339 g/mol. The van der Waals surface area contributed by atoms with Gasteiger partial charge in [-0.3, -0.25) is 9.48 Å². The molecule has 1 saturated heterocycles. The fraction of sp³-hybridized carbons (Fsp3) is 0.429. The molecule has 6 nitrogen and oxygen atoms in total. The summed E-state index contributed by atoms with van der Waals surface area (Å²) in [4.78, 5) is 12.2. The molecule has 22 heavy (non-hydrogen) atoms. The number of nitrogens with zero attached hydrogens (tertiary/aromatic N) is 2. The molecule has 1 atom stereocenters. The predicted molar refractivity (Wildman–Crippen MR) is 86.3 cm³/mol. The molecule has 0 spiro atoms. The first-order valence-electron chi connectivity index (χ1n) is 6.97. The largest absolute Gasteiger partial charge is 0.319 e. The molecule has 1 fully saturated rings. The van der Waals surface area contributed by atoms with Crippen molar-refractivity contribution in [1.29, 1.82) is 0 Å². The molecule has 0 radical (unpaired) electrons. The van der Waals surface area contributed by atoms with Gasteiger partial charge in [0.15, 0.2) is 9.84 Å². The van der Waals surface area contributed by atoms with Gasteiger partial charge in [0, 0.05) is 5.38 Å². The zero-order chi connectivity index (χ0) is 15.9.